The SMILES string of the molecule is O=C(O)CSCC(=O)N[C@@H](C(=O)O)c1ccccc1. The Balaban J connectivity index is 2.57. The van der Waals surface area contributed by atoms with Crippen molar-refractivity contribution in [3.05, 3.63) is 35.9 Å². The van der Waals surface area contributed by atoms with E-state index in [2.05, 4.69) is 5.32 Å². The highest BCUT2D eigenvalue weighted by Crippen LogP contribution is 2.13. The third kappa shape index (κ3) is 5.43. The highest BCUT2D eigenvalue weighted by Gasteiger charge is 2.21. The number of aliphatic carboxylic acids is 2. The predicted molar refractivity (Wildman–Crippen MR) is 69.9 cm³/mol. The Morgan fingerprint density at radius 1 is 1.11 bits per heavy atom. The first-order chi connectivity index (χ1) is 9.00. The summed E-state index contributed by atoms with van der Waals surface area (Å²) in [6, 6.07) is 7.17. The van der Waals surface area contributed by atoms with E-state index in [1.165, 1.54) is 0 Å². The van der Waals surface area contributed by atoms with E-state index in [9.17, 15) is 14.4 Å². The molecule has 3 N–H and O–H groups in total. The highest BCUT2D eigenvalue weighted by atomic mass is 32.2. The Labute approximate surface area is 113 Å². The van der Waals surface area contributed by atoms with Gasteiger partial charge in [-0.2, -0.15) is 0 Å². The second-order valence-electron chi connectivity index (χ2n) is 3.64. The van der Waals surface area contributed by atoms with E-state index in [-0.39, 0.29) is 11.5 Å². The molecule has 1 aromatic carbocycles. The van der Waals surface area contributed by atoms with Gasteiger partial charge in [-0.3, -0.25) is 9.59 Å². The number of hydrogen-bond acceptors (Lipinski definition) is 4. The zero-order valence-electron chi connectivity index (χ0n) is 9.91. The first-order valence-electron chi connectivity index (χ1n) is 5.37. The minimum absolute atomic E-state index is 0.0943. The molecule has 1 amide bonds. The lowest BCUT2D eigenvalue weighted by Crippen LogP contribution is -2.35. The van der Waals surface area contributed by atoms with Crippen LogP contribution in [0, 0.1) is 0 Å². The van der Waals surface area contributed by atoms with Crippen LogP contribution in [0.1, 0.15) is 11.6 Å². The molecule has 6 nitrogen and oxygen atoms in total. The number of amides is 1. The molecule has 0 heterocycles. The summed E-state index contributed by atoms with van der Waals surface area (Å²) in [5.74, 6) is -2.99. The number of hydrogen-bond donors (Lipinski definition) is 3. The molecule has 19 heavy (non-hydrogen) atoms. The Morgan fingerprint density at radius 2 is 1.74 bits per heavy atom. The largest absolute Gasteiger partial charge is 0.481 e. The van der Waals surface area contributed by atoms with Crippen molar-refractivity contribution in [2.45, 2.75) is 6.04 Å². The summed E-state index contributed by atoms with van der Waals surface area (Å²) < 4.78 is 0. The summed E-state index contributed by atoms with van der Waals surface area (Å²) in [7, 11) is 0. The van der Waals surface area contributed by atoms with Gasteiger partial charge in [0, 0.05) is 0 Å². The maximum absolute atomic E-state index is 11.5. The molecule has 0 aliphatic heterocycles. The van der Waals surface area contributed by atoms with E-state index in [1.54, 1.807) is 30.3 Å². The zero-order chi connectivity index (χ0) is 14.3. The van der Waals surface area contributed by atoms with Gasteiger partial charge in [-0.1, -0.05) is 30.3 Å². The van der Waals surface area contributed by atoms with Crippen molar-refractivity contribution in [3.8, 4) is 0 Å². The molecule has 0 saturated heterocycles. The minimum atomic E-state index is -1.16. The third-order valence-corrected chi connectivity index (χ3v) is 3.06. The topological polar surface area (TPSA) is 104 Å². The number of thioether (sulfide) groups is 1. The summed E-state index contributed by atoms with van der Waals surface area (Å²) >= 11 is 0.914. The number of benzene rings is 1. The minimum Gasteiger partial charge on any atom is -0.481 e. The van der Waals surface area contributed by atoms with Crippen LogP contribution >= 0.6 is 11.8 Å². The van der Waals surface area contributed by atoms with Gasteiger partial charge in [-0.15, -0.1) is 11.8 Å². The summed E-state index contributed by atoms with van der Waals surface area (Å²) in [4.78, 5) is 32.9. The second kappa shape index (κ2) is 7.42. The Bertz CT molecular complexity index is 462. The molecular formula is C12H13NO5S. The van der Waals surface area contributed by atoms with Gasteiger partial charge in [0.2, 0.25) is 5.91 Å². The molecule has 0 spiro atoms. The van der Waals surface area contributed by atoms with E-state index >= 15 is 0 Å². The average molecular weight is 283 g/mol. The molecule has 0 radical (unpaired) electrons. The molecule has 0 unspecified atom stereocenters. The fourth-order valence-electron chi connectivity index (χ4n) is 1.37. The van der Waals surface area contributed by atoms with Crippen LogP contribution in [0.2, 0.25) is 0 Å². The fourth-order valence-corrected chi connectivity index (χ4v) is 1.91. The summed E-state index contributed by atoms with van der Waals surface area (Å²) in [6.45, 7) is 0. The first-order valence-corrected chi connectivity index (χ1v) is 6.53. The number of carboxylic acid groups (broad SMARTS) is 2. The third-order valence-electron chi connectivity index (χ3n) is 2.14. The normalized spacial score (nSPS) is 11.6. The van der Waals surface area contributed by atoms with Gasteiger partial charge in [0.15, 0.2) is 6.04 Å². The van der Waals surface area contributed by atoms with Crippen molar-refractivity contribution in [1.82, 2.24) is 5.32 Å². The van der Waals surface area contributed by atoms with Crippen molar-refractivity contribution < 1.29 is 24.6 Å². The van der Waals surface area contributed by atoms with Crippen LogP contribution in [0.15, 0.2) is 30.3 Å². The molecule has 1 aromatic rings. The van der Waals surface area contributed by atoms with Gasteiger partial charge in [0.1, 0.15) is 0 Å². The molecule has 0 saturated carbocycles. The van der Waals surface area contributed by atoms with Crippen LogP contribution in [0.25, 0.3) is 0 Å². The molecular weight excluding hydrogens is 270 g/mol. The molecule has 7 heteroatoms. The molecule has 0 aliphatic rings. The molecule has 102 valence electrons. The van der Waals surface area contributed by atoms with E-state index in [0.717, 1.165) is 11.8 Å². The van der Waals surface area contributed by atoms with Crippen molar-refractivity contribution >= 4 is 29.6 Å². The quantitative estimate of drug-likeness (QED) is 0.682. The van der Waals surface area contributed by atoms with Crippen LogP contribution < -0.4 is 5.32 Å². The van der Waals surface area contributed by atoms with Gasteiger partial charge < -0.3 is 15.5 Å². The van der Waals surface area contributed by atoms with E-state index < -0.39 is 23.9 Å². The Kier molecular flexibility index (Phi) is 5.87. The number of rotatable bonds is 7. The summed E-state index contributed by atoms with van der Waals surface area (Å²) in [5, 5.41) is 19.9. The molecule has 1 rings (SSSR count). The Morgan fingerprint density at radius 3 is 2.26 bits per heavy atom. The van der Waals surface area contributed by atoms with Gasteiger partial charge in [-0.05, 0) is 5.56 Å². The maximum Gasteiger partial charge on any atom is 0.330 e. The fraction of sp³-hybridized carbons (Fsp3) is 0.250. The molecule has 0 aromatic heterocycles. The van der Waals surface area contributed by atoms with Crippen molar-refractivity contribution in [2.24, 2.45) is 0 Å². The van der Waals surface area contributed by atoms with Gasteiger partial charge >= 0.3 is 11.9 Å². The molecule has 1 atom stereocenters. The van der Waals surface area contributed by atoms with E-state index in [4.69, 9.17) is 10.2 Å². The Hall–Kier alpha value is -2.02. The van der Waals surface area contributed by atoms with Crippen molar-refractivity contribution in [1.29, 1.82) is 0 Å². The van der Waals surface area contributed by atoms with Crippen molar-refractivity contribution in [2.75, 3.05) is 11.5 Å². The lowest BCUT2D eigenvalue weighted by Gasteiger charge is -2.14. The van der Waals surface area contributed by atoms with Gasteiger partial charge in [0.05, 0.1) is 11.5 Å². The highest BCUT2D eigenvalue weighted by molar-refractivity contribution is 8.00. The second-order valence-corrected chi connectivity index (χ2v) is 4.62. The molecule has 0 bridgehead atoms. The lowest BCUT2D eigenvalue weighted by molar-refractivity contribution is -0.141. The first kappa shape index (κ1) is 15.0. The van der Waals surface area contributed by atoms with Crippen LogP contribution in [0.3, 0.4) is 0 Å². The summed E-state index contributed by atoms with van der Waals surface area (Å²) in [6.07, 6.45) is 0. The van der Waals surface area contributed by atoms with E-state index in [1.807, 2.05) is 0 Å². The number of nitrogens with one attached hydrogen (secondary N) is 1. The smallest absolute Gasteiger partial charge is 0.330 e. The van der Waals surface area contributed by atoms with Crippen LogP contribution in [0.5, 0.6) is 0 Å². The van der Waals surface area contributed by atoms with Gasteiger partial charge in [-0.25, -0.2) is 4.79 Å². The van der Waals surface area contributed by atoms with Crippen LogP contribution in [-0.2, 0) is 14.4 Å². The molecule has 0 fully saturated rings. The monoisotopic (exact) mass is 283 g/mol. The maximum atomic E-state index is 11.5. The van der Waals surface area contributed by atoms with E-state index in [0.29, 0.717) is 5.56 Å². The van der Waals surface area contributed by atoms with Crippen molar-refractivity contribution in [3.63, 3.8) is 0 Å². The lowest BCUT2D eigenvalue weighted by atomic mass is 10.1. The number of carbonyl (C=O) groups excluding carboxylic acids is 1. The molecule has 0 aliphatic carbocycles. The van der Waals surface area contributed by atoms with Gasteiger partial charge in [0.25, 0.3) is 0 Å². The average Bonchev–Trinajstić information content (AvgIpc) is 2.36. The van der Waals surface area contributed by atoms with Crippen LogP contribution in [0.4, 0.5) is 0 Å². The predicted octanol–water partition coefficient (Wildman–Crippen LogP) is 0.746. The number of carbonyl (C=O) groups is 3. The standard InChI is InChI=1S/C12H13NO5S/c14-9(6-19-7-10(15)16)13-11(12(17)18)8-4-2-1-3-5-8/h1-5,11H,6-7H2,(H,13,14)(H,15,16)(H,17,18)/t11-/m1/s1. The summed E-state index contributed by atoms with van der Waals surface area (Å²) in [5.41, 5.74) is 0.464. The zero-order valence-corrected chi connectivity index (χ0v) is 10.7. The van der Waals surface area contributed by atoms with Crippen LogP contribution in [-0.4, -0.2) is 39.6 Å². The number of carboxylic acids is 2.